The fourth-order valence-corrected chi connectivity index (χ4v) is 4.01. The fraction of sp³-hybridized carbons (Fsp3) is 0.333. The third-order valence-corrected chi connectivity index (χ3v) is 5.59. The maximum Gasteiger partial charge on any atom is 0.215 e. The van der Waals surface area contributed by atoms with Crippen LogP contribution in [0.4, 0.5) is 0 Å². The quantitative estimate of drug-likeness (QED) is 0.819. The molecule has 122 valence electrons. The van der Waals surface area contributed by atoms with E-state index in [0.29, 0.717) is 0 Å². The van der Waals surface area contributed by atoms with Gasteiger partial charge in [0.05, 0.1) is 5.75 Å². The molecule has 1 fully saturated rings. The molecule has 0 bridgehead atoms. The molecule has 1 saturated carbocycles. The van der Waals surface area contributed by atoms with Crippen molar-refractivity contribution in [2.75, 3.05) is 6.54 Å². The van der Waals surface area contributed by atoms with Gasteiger partial charge in [-0.25, -0.2) is 13.1 Å². The molecule has 3 rings (SSSR count). The highest BCUT2D eigenvalue weighted by atomic mass is 32.2. The molecule has 0 spiro atoms. The summed E-state index contributed by atoms with van der Waals surface area (Å²) in [7, 11) is -3.49. The van der Waals surface area contributed by atoms with E-state index in [4.69, 9.17) is 0 Å². The minimum Gasteiger partial charge on any atom is -0.383 e. The molecule has 0 aliphatic heterocycles. The van der Waals surface area contributed by atoms with E-state index in [2.05, 4.69) is 4.72 Å². The molecule has 23 heavy (non-hydrogen) atoms. The second-order valence-electron chi connectivity index (χ2n) is 6.13. The minimum absolute atomic E-state index is 0.0108. The van der Waals surface area contributed by atoms with Crippen molar-refractivity contribution in [3.05, 3.63) is 71.8 Å². The van der Waals surface area contributed by atoms with E-state index in [-0.39, 0.29) is 18.2 Å². The maximum atomic E-state index is 12.3. The monoisotopic (exact) mass is 331 g/mol. The Morgan fingerprint density at radius 1 is 1.00 bits per heavy atom. The van der Waals surface area contributed by atoms with Gasteiger partial charge in [-0.1, -0.05) is 60.7 Å². The van der Waals surface area contributed by atoms with Gasteiger partial charge < -0.3 is 5.11 Å². The topological polar surface area (TPSA) is 66.4 Å². The second-order valence-corrected chi connectivity index (χ2v) is 7.94. The number of rotatable bonds is 7. The van der Waals surface area contributed by atoms with Crippen LogP contribution < -0.4 is 4.72 Å². The van der Waals surface area contributed by atoms with Crippen LogP contribution in [0.5, 0.6) is 0 Å². The zero-order valence-electron chi connectivity index (χ0n) is 12.9. The normalized spacial score (nSPS) is 17.6. The summed E-state index contributed by atoms with van der Waals surface area (Å²) in [4.78, 5) is 0. The Labute approximate surface area is 137 Å². The Morgan fingerprint density at radius 3 is 2.13 bits per heavy atom. The van der Waals surface area contributed by atoms with Crippen LogP contribution in [0.2, 0.25) is 0 Å². The molecule has 1 aliphatic rings. The highest BCUT2D eigenvalue weighted by molar-refractivity contribution is 7.88. The molecule has 5 heteroatoms. The van der Waals surface area contributed by atoms with Crippen molar-refractivity contribution in [2.24, 2.45) is 5.92 Å². The number of benzene rings is 2. The van der Waals surface area contributed by atoms with E-state index in [1.165, 1.54) is 0 Å². The van der Waals surface area contributed by atoms with Gasteiger partial charge in [0.1, 0.15) is 5.60 Å². The van der Waals surface area contributed by atoms with Crippen molar-refractivity contribution >= 4 is 10.0 Å². The molecular formula is C18H21NO3S. The standard InChI is InChI=1S/C18H21NO3S/c20-18(17-11-12-17,16-9-5-2-6-10-16)14-19-23(21,22)13-15-7-3-1-4-8-15/h1-10,17,19-20H,11-14H2. The van der Waals surface area contributed by atoms with Gasteiger partial charge in [-0.2, -0.15) is 0 Å². The van der Waals surface area contributed by atoms with Gasteiger partial charge in [0.2, 0.25) is 10.0 Å². The lowest BCUT2D eigenvalue weighted by Crippen LogP contribution is -2.42. The van der Waals surface area contributed by atoms with Gasteiger partial charge >= 0.3 is 0 Å². The molecule has 0 amide bonds. The Kier molecular flexibility index (Phi) is 4.53. The van der Waals surface area contributed by atoms with Gasteiger partial charge in [-0.15, -0.1) is 0 Å². The summed E-state index contributed by atoms with van der Waals surface area (Å²) in [5.74, 6) is 0.0351. The van der Waals surface area contributed by atoms with Crippen LogP contribution in [-0.2, 0) is 21.4 Å². The third-order valence-electron chi connectivity index (χ3n) is 4.29. The van der Waals surface area contributed by atoms with Gasteiger partial charge in [0.25, 0.3) is 0 Å². The van der Waals surface area contributed by atoms with Crippen molar-refractivity contribution in [2.45, 2.75) is 24.2 Å². The van der Waals surface area contributed by atoms with Crippen LogP contribution in [0.25, 0.3) is 0 Å². The Bertz CT molecular complexity index is 742. The molecule has 0 heterocycles. The highest BCUT2D eigenvalue weighted by Gasteiger charge is 2.45. The molecular weight excluding hydrogens is 310 g/mol. The highest BCUT2D eigenvalue weighted by Crippen LogP contribution is 2.45. The first-order valence-corrected chi connectivity index (χ1v) is 9.44. The maximum absolute atomic E-state index is 12.3. The molecule has 2 aromatic carbocycles. The van der Waals surface area contributed by atoms with E-state index in [0.717, 1.165) is 24.0 Å². The zero-order valence-corrected chi connectivity index (χ0v) is 13.7. The van der Waals surface area contributed by atoms with Gasteiger partial charge in [0.15, 0.2) is 0 Å². The van der Waals surface area contributed by atoms with Crippen molar-refractivity contribution < 1.29 is 13.5 Å². The van der Waals surface area contributed by atoms with E-state index >= 15 is 0 Å². The van der Waals surface area contributed by atoms with Crippen LogP contribution in [0.3, 0.4) is 0 Å². The van der Waals surface area contributed by atoms with Gasteiger partial charge in [-0.05, 0) is 29.9 Å². The van der Waals surface area contributed by atoms with Crippen molar-refractivity contribution in [1.29, 1.82) is 0 Å². The van der Waals surface area contributed by atoms with Crippen LogP contribution in [0, 0.1) is 5.92 Å². The average molecular weight is 331 g/mol. The number of aliphatic hydroxyl groups is 1. The van der Waals surface area contributed by atoms with Crippen molar-refractivity contribution in [3.8, 4) is 0 Å². The molecule has 0 aromatic heterocycles. The minimum atomic E-state index is -3.49. The second kappa shape index (κ2) is 6.43. The van der Waals surface area contributed by atoms with Gasteiger partial charge in [-0.3, -0.25) is 0 Å². The summed E-state index contributed by atoms with van der Waals surface area (Å²) in [5, 5.41) is 11.0. The first-order valence-electron chi connectivity index (χ1n) is 7.79. The molecule has 2 aromatic rings. The fourth-order valence-electron chi connectivity index (χ4n) is 2.83. The van der Waals surface area contributed by atoms with Crippen LogP contribution in [0.1, 0.15) is 24.0 Å². The molecule has 1 atom stereocenters. The lowest BCUT2D eigenvalue weighted by molar-refractivity contribution is 0.0185. The number of hydrogen-bond acceptors (Lipinski definition) is 3. The van der Waals surface area contributed by atoms with Crippen molar-refractivity contribution in [3.63, 3.8) is 0 Å². The molecule has 1 unspecified atom stereocenters. The summed E-state index contributed by atoms with van der Waals surface area (Å²) >= 11 is 0. The zero-order chi connectivity index (χ0) is 16.3. The van der Waals surface area contributed by atoms with Crippen molar-refractivity contribution in [1.82, 2.24) is 4.72 Å². The van der Waals surface area contributed by atoms with Crippen LogP contribution >= 0.6 is 0 Å². The van der Waals surface area contributed by atoms with E-state index < -0.39 is 15.6 Å². The number of sulfonamides is 1. The lowest BCUT2D eigenvalue weighted by Gasteiger charge is -2.29. The number of nitrogens with one attached hydrogen (secondary N) is 1. The molecule has 0 radical (unpaired) electrons. The number of hydrogen-bond donors (Lipinski definition) is 2. The molecule has 0 saturated heterocycles. The first kappa shape index (κ1) is 16.2. The summed E-state index contributed by atoms with van der Waals surface area (Å²) in [6.45, 7) is 0.0108. The summed E-state index contributed by atoms with van der Waals surface area (Å²) < 4.78 is 27.2. The predicted octanol–water partition coefficient (Wildman–Crippen LogP) is 2.40. The van der Waals surface area contributed by atoms with Crippen LogP contribution in [0.15, 0.2) is 60.7 Å². The molecule has 2 N–H and O–H groups in total. The van der Waals surface area contributed by atoms with E-state index in [1.807, 2.05) is 48.5 Å². The predicted molar refractivity (Wildman–Crippen MR) is 90.1 cm³/mol. The third kappa shape index (κ3) is 3.99. The van der Waals surface area contributed by atoms with E-state index in [1.54, 1.807) is 12.1 Å². The Morgan fingerprint density at radius 2 is 1.57 bits per heavy atom. The smallest absolute Gasteiger partial charge is 0.215 e. The molecule has 4 nitrogen and oxygen atoms in total. The molecule has 1 aliphatic carbocycles. The lowest BCUT2D eigenvalue weighted by atomic mass is 9.89. The van der Waals surface area contributed by atoms with E-state index in [9.17, 15) is 13.5 Å². The summed E-state index contributed by atoms with van der Waals surface area (Å²) in [6.07, 6.45) is 1.84. The largest absolute Gasteiger partial charge is 0.383 e. The SMILES string of the molecule is O=S(=O)(Cc1ccccc1)NCC(O)(c1ccccc1)C1CC1. The Hall–Kier alpha value is -1.69. The van der Waals surface area contributed by atoms with Gasteiger partial charge in [0, 0.05) is 6.54 Å². The summed E-state index contributed by atoms with van der Waals surface area (Å²) in [5.41, 5.74) is 0.366. The van der Waals surface area contributed by atoms with Crippen LogP contribution in [-0.4, -0.2) is 20.1 Å². The summed E-state index contributed by atoms with van der Waals surface area (Å²) in [6, 6.07) is 18.4. The first-order chi connectivity index (χ1) is 11.0. The average Bonchev–Trinajstić information content (AvgIpc) is 3.39. The Balaban J connectivity index is 1.72.